The second-order valence-electron chi connectivity index (χ2n) is 3.47. The summed E-state index contributed by atoms with van der Waals surface area (Å²) in [5, 5.41) is 2.75. The summed E-state index contributed by atoms with van der Waals surface area (Å²) in [6, 6.07) is 1.85. The molecule has 0 heterocycles. The van der Waals surface area contributed by atoms with Crippen LogP contribution in [0.4, 0.5) is 15.8 Å². The number of benzene rings is 1. The lowest BCUT2D eigenvalue weighted by Gasteiger charge is -2.15. The molecule has 0 fully saturated rings. The van der Waals surface area contributed by atoms with E-state index in [0.29, 0.717) is 12.3 Å². The van der Waals surface area contributed by atoms with Crippen LogP contribution in [-0.4, -0.2) is 18.6 Å². The van der Waals surface area contributed by atoms with E-state index in [1.165, 1.54) is 6.07 Å². The summed E-state index contributed by atoms with van der Waals surface area (Å²) in [5.74, 6) is -1.01. The zero-order valence-corrected chi connectivity index (χ0v) is 10.3. The Balaban J connectivity index is 2.81. The Bertz CT molecular complexity index is 426. The van der Waals surface area contributed by atoms with E-state index >= 15 is 0 Å². The van der Waals surface area contributed by atoms with Gasteiger partial charge in [-0.1, -0.05) is 11.6 Å². The van der Waals surface area contributed by atoms with E-state index in [0.717, 1.165) is 6.07 Å². The average molecular weight is 261 g/mol. The van der Waals surface area contributed by atoms with Crippen LogP contribution in [0.25, 0.3) is 0 Å². The van der Waals surface area contributed by atoms with Gasteiger partial charge in [0.25, 0.3) is 0 Å². The summed E-state index contributed by atoms with van der Waals surface area (Å²) in [5.41, 5.74) is 6.18. The first-order chi connectivity index (χ1) is 7.95. The maximum atomic E-state index is 13.0. The van der Waals surface area contributed by atoms with Crippen molar-refractivity contribution in [2.75, 3.05) is 17.7 Å². The van der Waals surface area contributed by atoms with E-state index in [-0.39, 0.29) is 10.7 Å². The molecular weight excluding hydrogens is 247 g/mol. The summed E-state index contributed by atoms with van der Waals surface area (Å²) < 4.78 is 17.9. The minimum atomic E-state index is -0.599. The number of halogens is 2. The molecule has 0 amide bonds. The number of ether oxygens (including phenoxy) is 1. The van der Waals surface area contributed by atoms with Crippen molar-refractivity contribution in [3.8, 4) is 0 Å². The number of hydrogen-bond donors (Lipinski definition) is 2. The number of rotatable bonds is 4. The van der Waals surface area contributed by atoms with Gasteiger partial charge in [-0.15, -0.1) is 0 Å². The molecule has 1 rings (SSSR count). The summed E-state index contributed by atoms with van der Waals surface area (Å²) in [6.07, 6.45) is 0. The van der Waals surface area contributed by atoms with Crippen molar-refractivity contribution in [2.45, 2.75) is 19.9 Å². The minimum Gasteiger partial charge on any atom is -0.464 e. The van der Waals surface area contributed by atoms with Gasteiger partial charge < -0.3 is 15.8 Å². The minimum absolute atomic E-state index is 0.0576. The highest BCUT2D eigenvalue weighted by atomic mass is 35.5. The molecule has 6 heteroatoms. The molecule has 0 aliphatic rings. The molecule has 0 spiro atoms. The fourth-order valence-electron chi connectivity index (χ4n) is 1.25. The Kier molecular flexibility index (Phi) is 4.57. The van der Waals surface area contributed by atoms with Crippen LogP contribution >= 0.6 is 11.6 Å². The third kappa shape index (κ3) is 3.49. The van der Waals surface area contributed by atoms with E-state index < -0.39 is 17.8 Å². The molecule has 0 aliphatic carbocycles. The first-order valence-electron chi connectivity index (χ1n) is 5.13. The lowest BCUT2D eigenvalue weighted by molar-refractivity contribution is -0.143. The van der Waals surface area contributed by atoms with Gasteiger partial charge in [-0.2, -0.15) is 0 Å². The van der Waals surface area contributed by atoms with Gasteiger partial charge in [0, 0.05) is 6.07 Å². The number of nitrogens with one attached hydrogen (secondary N) is 1. The predicted molar refractivity (Wildman–Crippen MR) is 65.5 cm³/mol. The van der Waals surface area contributed by atoms with Gasteiger partial charge in [-0.05, 0) is 19.9 Å². The van der Waals surface area contributed by atoms with Gasteiger partial charge >= 0.3 is 5.97 Å². The fourth-order valence-corrected chi connectivity index (χ4v) is 1.41. The van der Waals surface area contributed by atoms with Crippen molar-refractivity contribution in [1.82, 2.24) is 0 Å². The van der Waals surface area contributed by atoms with Gasteiger partial charge in [0.15, 0.2) is 0 Å². The summed E-state index contributed by atoms with van der Waals surface area (Å²) in [7, 11) is 0. The van der Waals surface area contributed by atoms with Crippen LogP contribution in [0.3, 0.4) is 0 Å². The number of carbonyl (C=O) groups excluding carboxylic acids is 1. The first kappa shape index (κ1) is 13.6. The average Bonchev–Trinajstić information content (AvgIpc) is 2.26. The molecule has 4 nitrogen and oxygen atoms in total. The van der Waals surface area contributed by atoms with Gasteiger partial charge in [0.2, 0.25) is 0 Å². The zero-order chi connectivity index (χ0) is 13.0. The highest BCUT2D eigenvalue weighted by Crippen LogP contribution is 2.26. The standard InChI is InChI=1S/C11H14ClFN2O2/c1-3-17-11(16)6(2)15-10-4-7(12)8(13)5-9(10)14/h4-6,15H,3,14H2,1-2H3. The van der Waals surface area contributed by atoms with Crippen molar-refractivity contribution >= 4 is 28.9 Å². The van der Waals surface area contributed by atoms with Crippen LogP contribution in [0.2, 0.25) is 5.02 Å². The summed E-state index contributed by atoms with van der Waals surface area (Å²) in [6.45, 7) is 3.63. The predicted octanol–water partition coefficient (Wildman–Crippen LogP) is 2.42. The molecule has 94 valence electrons. The molecule has 0 bridgehead atoms. The molecule has 0 aromatic heterocycles. The fraction of sp³-hybridized carbons (Fsp3) is 0.364. The number of nitrogen functional groups attached to an aromatic ring is 1. The van der Waals surface area contributed by atoms with Crippen LogP contribution < -0.4 is 11.1 Å². The number of hydrogen-bond acceptors (Lipinski definition) is 4. The van der Waals surface area contributed by atoms with Crippen molar-refractivity contribution in [3.05, 3.63) is 23.0 Å². The number of carbonyl (C=O) groups is 1. The van der Waals surface area contributed by atoms with Crippen LogP contribution in [0.15, 0.2) is 12.1 Å². The maximum Gasteiger partial charge on any atom is 0.328 e. The molecule has 0 saturated carbocycles. The van der Waals surface area contributed by atoms with Crippen molar-refractivity contribution in [1.29, 1.82) is 0 Å². The lowest BCUT2D eigenvalue weighted by atomic mass is 10.2. The Morgan fingerprint density at radius 1 is 1.65 bits per heavy atom. The SMILES string of the molecule is CCOC(=O)C(C)Nc1cc(Cl)c(F)cc1N. The number of esters is 1. The monoisotopic (exact) mass is 260 g/mol. The topological polar surface area (TPSA) is 64.3 Å². The number of nitrogens with two attached hydrogens (primary N) is 1. The molecule has 1 unspecified atom stereocenters. The van der Waals surface area contributed by atoms with Crippen LogP contribution in [0, 0.1) is 5.82 Å². The Hall–Kier alpha value is -1.49. The van der Waals surface area contributed by atoms with Gasteiger partial charge in [0.1, 0.15) is 11.9 Å². The normalized spacial score (nSPS) is 12.0. The first-order valence-corrected chi connectivity index (χ1v) is 5.51. The van der Waals surface area contributed by atoms with E-state index in [9.17, 15) is 9.18 Å². The zero-order valence-electron chi connectivity index (χ0n) is 9.59. The molecular formula is C11H14ClFN2O2. The van der Waals surface area contributed by atoms with Crippen molar-refractivity contribution in [3.63, 3.8) is 0 Å². The molecule has 0 saturated heterocycles. The number of anilines is 2. The van der Waals surface area contributed by atoms with Crippen molar-refractivity contribution in [2.24, 2.45) is 0 Å². The molecule has 1 aromatic rings. The quantitative estimate of drug-likeness (QED) is 0.645. The van der Waals surface area contributed by atoms with Gasteiger partial charge in [-0.3, -0.25) is 0 Å². The van der Waals surface area contributed by atoms with Gasteiger partial charge in [0.05, 0.1) is 23.0 Å². The van der Waals surface area contributed by atoms with E-state index in [1.54, 1.807) is 13.8 Å². The molecule has 1 atom stereocenters. The molecule has 0 radical (unpaired) electrons. The Labute approximate surface area is 104 Å². The lowest BCUT2D eigenvalue weighted by Crippen LogP contribution is -2.28. The molecule has 0 aliphatic heterocycles. The summed E-state index contributed by atoms with van der Waals surface area (Å²) >= 11 is 5.62. The van der Waals surface area contributed by atoms with E-state index in [2.05, 4.69) is 5.32 Å². The smallest absolute Gasteiger partial charge is 0.328 e. The van der Waals surface area contributed by atoms with E-state index in [1.807, 2.05) is 0 Å². The van der Waals surface area contributed by atoms with Crippen molar-refractivity contribution < 1.29 is 13.9 Å². The van der Waals surface area contributed by atoms with Crippen LogP contribution in [0.1, 0.15) is 13.8 Å². The highest BCUT2D eigenvalue weighted by molar-refractivity contribution is 6.31. The van der Waals surface area contributed by atoms with E-state index in [4.69, 9.17) is 22.1 Å². The van der Waals surface area contributed by atoms with Crippen LogP contribution in [-0.2, 0) is 9.53 Å². The third-order valence-corrected chi connectivity index (χ3v) is 2.39. The second-order valence-corrected chi connectivity index (χ2v) is 3.88. The van der Waals surface area contributed by atoms with Crippen LogP contribution in [0.5, 0.6) is 0 Å². The maximum absolute atomic E-state index is 13.0. The second kappa shape index (κ2) is 5.72. The summed E-state index contributed by atoms with van der Waals surface area (Å²) in [4.78, 5) is 11.4. The largest absolute Gasteiger partial charge is 0.464 e. The third-order valence-electron chi connectivity index (χ3n) is 2.10. The molecule has 17 heavy (non-hydrogen) atoms. The van der Waals surface area contributed by atoms with Gasteiger partial charge in [-0.25, -0.2) is 9.18 Å². The molecule has 3 N–H and O–H groups in total. The Morgan fingerprint density at radius 3 is 2.88 bits per heavy atom. The Morgan fingerprint density at radius 2 is 2.29 bits per heavy atom. The highest BCUT2D eigenvalue weighted by Gasteiger charge is 2.15. The molecule has 1 aromatic carbocycles.